The number of Topliss-reactive ketones (excluding diaryl/α,β-unsaturated/α-hetero) is 2. The molecule has 1 aromatic carbocycles. The van der Waals surface area contributed by atoms with Crippen molar-refractivity contribution >= 4 is 11.6 Å². The molecule has 0 spiro atoms. The minimum Gasteiger partial charge on any atom is -0.299 e. The molecule has 0 bridgehead atoms. The van der Waals surface area contributed by atoms with Gasteiger partial charge in [0, 0.05) is 24.7 Å². The molecule has 0 heterocycles. The number of rotatable bonds is 6. The zero-order valence-electron chi connectivity index (χ0n) is 13.7. The number of ketones is 2. The zero-order chi connectivity index (χ0) is 15.7. The average Bonchev–Trinajstić information content (AvgIpc) is 2.41. The molecule has 0 radical (unpaired) electrons. The number of hydrogen-bond acceptors (Lipinski definition) is 2. The van der Waals surface area contributed by atoms with Gasteiger partial charge in [-0.3, -0.25) is 9.59 Å². The van der Waals surface area contributed by atoms with Gasteiger partial charge in [-0.25, -0.2) is 0 Å². The summed E-state index contributed by atoms with van der Waals surface area (Å²) in [4.78, 5) is 23.4. The van der Waals surface area contributed by atoms with E-state index >= 15 is 0 Å². The molecule has 0 aliphatic carbocycles. The highest BCUT2D eigenvalue weighted by Gasteiger charge is 2.11. The fraction of sp³-hybridized carbons (Fsp3) is 0.556. The molecule has 0 atom stereocenters. The van der Waals surface area contributed by atoms with Crippen molar-refractivity contribution in [3.63, 3.8) is 0 Å². The van der Waals surface area contributed by atoms with E-state index in [-0.39, 0.29) is 23.4 Å². The fourth-order valence-electron chi connectivity index (χ4n) is 1.66. The van der Waals surface area contributed by atoms with E-state index in [1.54, 1.807) is 0 Å². The molecule has 0 amide bonds. The van der Waals surface area contributed by atoms with Crippen molar-refractivity contribution in [3.05, 3.63) is 35.4 Å². The molecular weight excluding hydrogens is 248 g/mol. The molecule has 0 fully saturated rings. The molecule has 0 aromatic heterocycles. The second-order valence-electron chi connectivity index (χ2n) is 5.42. The zero-order valence-corrected chi connectivity index (χ0v) is 13.7. The van der Waals surface area contributed by atoms with Gasteiger partial charge in [-0.1, -0.05) is 65.8 Å². The Kier molecular flexibility index (Phi) is 8.78. The normalized spacial score (nSPS) is 10.2. The monoisotopic (exact) mass is 276 g/mol. The Morgan fingerprint density at radius 3 is 1.50 bits per heavy atom. The molecule has 2 nitrogen and oxygen atoms in total. The number of benzene rings is 1. The fourth-order valence-corrected chi connectivity index (χ4v) is 1.66. The van der Waals surface area contributed by atoms with Crippen LogP contribution in [0.3, 0.4) is 0 Å². The van der Waals surface area contributed by atoms with Crippen molar-refractivity contribution in [1.82, 2.24) is 0 Å². The largest absolute Gasteiger partial charge is 0.299 e. The van der Waals surface area contributed by atoms with Crippen molar-refractivity contribution in [1.29, 1.82) is 0 Å². The minimum atomic E-state index is 0.0611. The molecule has 0 saturated heterocycles. The number of carbonyl (C=O) groups excluding carboxylic acids is 2. The van der Waals surface area contributed by atoms with Crippen LogP contribution in [0.5, 0.6) is 0 Å². The van der Waals surface area contributed by atoms with Crippen molar-refractivity contribution in [3.8, 4) is 0 Å². The predicted octanol–water partition coefficient (Wildman–Crippen LogP) is 4.25. The smallest absolute Gasteiger partial charge is 0.139 e. The summed E-state index contributed by atoms with van der Waals surface area (Å²) >= 11 is 0. The summed E-state index contributed by atoms with van der Waals surface area (Å²) in [5, 5.41) is 0. The maximum absolute atomic E-state index is 11.7. The quantitative estimate of drug-likeness (QED) is 0.778. The lowest BCUT2D eigenvalue weighted by molar-refractivity contribution is -0.121. The number of hydrogen-bond donors (Lipinski definition) is 0. The van der Waals surface area contributed by atoms with Crippen LogP contribution in [0, 0.1) is 11.8 Å². The van der Waals surface area contributed by atoms with Crippen LogP contribution < -0.4 is 0 Å². The summed E-state index contributed by atoms with van der Waals surface area (Å²) < 4.78 is 0. The van der Waals surface area contributed by atoms with E-state index in [0.29, 0.717) is 12.8 Å². The second-order valence-corrected chi connectivity index (χ2v) is 5.42. The van der Waals surface area contributed by atoms with Crippen LogP contribution in [-0.4, -0.2) is 11.6 Å². The average molecular weight is 276 g/mol. The molecule has 112 valence electrons. The van der Waals surface area contributed by atoms with Gasteiger partial charge in [0.25, 0.3) is 0 Å². The highest BCUT2D eigenvalue weighted by Crippen LogP contribution is 2.11. The Balaban J connectivity index is 0.00000172. The van der Waals surface area contributed by atoms with Gasteiger partial charge in [0.2, 0.25) is 0 Å². The van der Waals surface area contributed by atoms with Crippen molar-refractivity contribution in [2.45, 2.75) is 54.4 Å². The summed E-state index contributed by atoms with van der Waals surface area (Å²) in [5.41, 5.74) is 2.01. The van der Waals surface area contributed by atoms with Crippen LogP contribution >= 0.6 is 0 Å². The summed E-state index contributed by atoms with van der Waals surface area (Å²) in [6, 6.07) is 7.79. The molecule has 0 N–H and O–H groups in total. The standard InChI is InChI=1S/C16H22O2.C2H6/c1-11(2)15(17)9-13-6-5-7-14(8-13)10-16(18)12(3)4;1-2/h5-8,11-12H,9-10H2,1-4H3;1-2H3. The van der Waals surface area contributed by atoms with Crippen LogP contribution in [0.1, 0.15) is 52.7 Å². The molecule has 1 rings (SSSR count). The lowest BCUT2D eigenvalue weighted by atomic mass is 9.96. The summed E-state index contributed by atoms with van der Waals surface area (Å²) in [6.07, 6.45) is 0.919. The first-order valence-electron chi connectivity index (χ1n) is 7.53. The van der Waals surface area contributed by atoms with Crippen LogP contribution in [-0.2, 0) is 22.4 Å². The van der Waals surface area contributed by atoms with Gasteiger partial charge in [0.15, 0.2) is 0 Å². The van der Waals surface area contributed by atoms with E-state index in [0.717, 1.165) is 11.1 Å². The summed E-state index contributed by atoms with van der Waals surface area (Å²) in [5.74, 6) is 0.599. The van der Waals surface area contributed by atoms with Crippen LogP contribution in [0.2, 0.25) is 0 Å². The van der Waals surface area contributed by atoms with Gasteiger partial charge in [-0.2, -0.15) is 0 Å². The highest BCUT2D eigenvalue weighted by atomic mass is 16.1. The first-order valence-corrected chi connectivity index (χ1v) is 7.53. The predicted molar refractivity (Wildman–Crippen MR) is 84.9 cm³/mol. The van der Waals surface area contributed by atoms with E-state index in [1.165, 1.54) is 0 Å². The van der Waals surface area contributed by atoms with E-state index in [4.69, 9.17) is 0 Å². The Bertz CT molecular complexity index is 394. The van der Waals surface area contributed by atoms with Crippen molar-refractivity contribution < 1.29 is 9.59 Å². The summed E-state index contributed by atoms with van der Waals surface area (Å²) in [6.45, 7) is 11.6. The van der Waals surface area contributed by atoms with Gasteiger partial charge in [0.05, 0.1) is 0 Å². The van der Waals surface area contributed by atoms with Gasteiger partial charge < -0.3 is 0 Å². The first-order chi connectivity index (χ1) is 9.40. The van der Waals surface area contributed by atoms with Crippen LogP contribution in [0.4, 0.5) is 0 Å². The van der Waals surface area contributed by atoms with E-state index in [9.17, 15) is 9.59 Å². The third-order valence-corrected chi connectivity index (χ3v) is 3.04. The SMILES string of the molecule is CC.CC(C)C(=O)Cc1cccc(CC(=O)C(C)C)c1. The molecule has 0 saturated carbocycles. The minimum absolute atomic E-state index is 0.0611. The topological polar surface area (TPSA) is 34.1 Å². The molecule has 0 unspecified atom stereocenters. The van der Waals surface area contributed by atoms with Crippen molar-refractivity contribution in [2.24, 2.45) is 11.8 Å². The molecule has 1 aromatic rings. The molecule has 0 aliphatic heterocycles. The Morgan fingerprint density at radius 2 is 1.20 bits per heavy atom. The number of carbonyl (C=O) groups is 2. The lowest BCUT2D eigenvalue weighted by Crippen LogP contribution is -2.12. The maximum Gasteiger partial charge on any atom is 0.139 e. The van der Waals surface area contributed by atoms with E-state index in [2.05, 4.69) is 0 Å². The molecular formula is C18H28O2. The molecule has 20 heavy (non-hydrogen) atoms. The highest BCUT2D eigenvalue weighted by molar-refractivity contribution is 5.84. The first kappa shape index (κ1) is 18.6. The molecule has 2 heteroatoms. The summed E-state index contributed by atoms with van der Waals surface area (Å²) in [7, 11) is 0. The third kappa shape index (κ3) is 6.65. The van der Waals surface area contributed by atoms with Gasteiger partial charge >= 0.3 is 0 Å². The molecule has 0 aliphatic rings. The third-order valence-electron chi connectivity index (χ3n) is 3.04. The Labute approximate surface area is 123 Å². The second kappa shape index (κ2) is 9.46. The van der Waals surface area contributed by atoms with E-state index in [1.807, 2.05) is 65.8 Å². The van der Waals surface area contributed by atoms with Crippen molar-refractivity contribution in [2.75, 3.05) is 0 Å². The van der Waals surface area contributed by atoms with E-state index < -0.39 is 0 Å². The van der Waals surface area contributed by atoms with Crippen LogP contribution in [0.25, 0.3) is 0 Å². The van der Waals surface area contributed by atoms with Gasteiger partial charge in [0.1, 0.15) is 11.6 Å². The maximum atomic E-state index is 11.7. The lowest BCUT2D eigenvalue weighted by Gasteiger charge is -2.07. The van der Waals surface area contributed by atoms with Gasteiger partial charge in [-0.05, 0) is 11.1 Å². The van der Waals surface area contributed by atoms with Crippen LogP contribution in [0.15, 0.2) is 24.3 Å². The van der Waals surface area contributed by atoms with Gasteiger partial charge in [-0.15, -0.1) is 0 Å². The Morgan fingerprint density at radius 1 is 0.850 bits per heavy atom. The Hall–Kier alpha value is -1.44.